The molecule has 1 aromatic carbocycles. The highest BCUT2D eigenvalue weighted by Gasteiger charge is 2.36. The molecule has 0 aliphatic carbocycles. The van der Waals surface area contributed by atoms with Crippen LogP contribution in [0, 0.1) is 17.2 Å². The summed E-state index contributed by atoms with van der Waals surface area (Å²) in [5.41, 5.74) is 1.15. The standard InChI is InChI=1S/C17H18ClN3O3/c1-10(5-6-19)11(2)21-16(23)8-15(17(21)24)20-14-7-13(18)4-3-12(14)9-22/h3-4,7-8,10-11,20,22H,5,9H2,1-2H3. The van der Waals surface area contributed by atoms with Gasteiger partial charge in [0.15, 0.2) is 0 Å². The first-order valence-electron chi connectivity index (χ1n) is 7.51. The molecule has 1 aliphatic rings. The molecule has 1 heterocycles. The van der Waals surface area contributed by atoms with E-state index in [-0.39, 0.29) is 24.6 Å². The SMILES string of the molecule is CC(CC#N)C(C)N1C(=O)C=C(Nc2cc(Cl)ccc2CO)C1=O. The van der Waals surface area contributed by atoms with Crippen LogP contribution < -0.4 is 5.32 Å². The minimum atomic E-state index is -0.457. The molecule has 1 aliphatic heterocycles. The number of hydrogen-bond acceptors (Lipinski definition) is 5. The van der Waals surface area contributed by atoms with Crippen LogP contribution in [-0.4, -0.2) is 27.9 Å². The minimum Gasteiger partial charge on any atom is -0.392 e. The molecule has 2 N–H and O–H groups in total. The Balaban J connectivity index is 2.21. The maximum absolute atomic E-state index is 12.6. The molecule has 0 fully saturated rings. The number of aliphatic hydroxyl groups excluding tert-OH is 1. The van der Waals surface area contributed by atoms with Gasteiger partial charge in [0, 0.05) is 34.8 Å². The monoisotopic (exact) mass is 347 g/mol. The maximum Gasteiger partial charge on any atom is 0.277 e. The van der Waals surface area contributed by atoms with Gasteiger partial charge in [0.25, 0.3) is 11.8 Å². The molecule has 2 amide bonds. The third-order valence-corrected chi connectivity index (χ3v) is 4.35. The zero-order valence-electron chi connectivity index (χ0n) is 13.4. The third-order valence-electron chi connectivity index (χ3n) is 4.11. The van der Waals surface area contributed by atoms with Crippen LogP contribution in [0.15, 0.2) is 30.0 Å². The van der Waals surface area contributed by atoms with Gasteiger partial charge in [-0.2, -0.15) is 5.26 Å². The van der Waals surface area contributed by atoms with Crippen molar-refractivity contribution in [2.75, 3.05) is 5.32 Å². The first-order valence-corrected chi connectivity index (χ1v) is 7.89. The Morgan fingerprint density at radius 2 is 2.08 bits per heavy atom. The summed E-state index contributed by atoms with van der Waals surface area (Å²) < 4.78 is 0. The fourth-order valence-corrected chi connectivity index (χ4v) is 2.65. The van der Waals surface area contributed by atoms with Gasteiger partial charge in [-0.15, -0.1) is 0 Å². The Kier molecular flexibility index (Phi) is 5.60. The third kappa shape index (κ3) is 3.58. The van der Waals surface area contributed by atoms with Gasteiger partial charge < -0.3 is 10.4 Å². The zero-order valence-corrected chi connectivity index (χ0v) is 14.2. The highest BCUT2D eigenvalue weighted by atomic mass is 35.5. The highest BCUT2D eigenvalue weighted by Crippen LogP contribution is 2.26. The van der Waals surface area contributed by atoms with Crippen molar-refractivity contribution in [2.24, 2.45) is 5.92 Å². The van der Waals surface area contributed by atoms with Crippen molar-refractivity contribution in [3.63, 3.8) is 0 Å². The van der Waals surface area contributed by atoms with Gasteiger partial charge in [0.1, 0.15) is 5.70 Å². The van der Waals surface area contributed by atoms with Crippen LogP contribution in [-0.2, 0) is 16.2 Å². The van der Waals surface area contributed by atoms with Crippen molar-refractivity contribution >= 4 is 29.1 Å². The Morgan fingerprint density at radius 1 is 1.38 bits per heavy atom. The van der Waals surface area contributed by atoms with E-state index in [1.165, 1.54) is 6.08 Å². The normalized spacial score (nSPS) is 16.6. The smallest absolute Gasteiger partial charge is 0.277 e. The minimum absolute atomic E-state index is 0.118. The summed E-state index contributed by atoms with van der Waals surface area (Å²) >= 11 is 5.95. The summed E-state index contributed by atoms with van der Waals surface area (Å²) in [5.74, 6) is -1.01. The van der Waals surface area contributed by atoms with Crippen LogP contribution in [0.5, 0.6) is 0 Å². The summed E-state index contributed by atoms with van der Waals surface area (Å²) in [6.45, 7) is 3.34. The van der Waals surface area contributed by atoms with Crippen molar-refractivity contribution in [1.82, 2.24) is 4.90 Å². The predicted octanol–water partition coefficient (Wildman–Crippen LogP) is 2.44. The summed E-state index contributed by atoms with van der Waals surface area (Å²) in [7, 11) is 0. The summed E-state index contributed by atoms with van der Waals surface area (Å²) in [6.07, 6.45) is 1.48. The number of anilines is 1. The van der Waals surface area contributed by atoms with E-state index in [0.29, 0.717) is 16.3 Å². The molecular formula is C17H18ClN3O3. The van der Waals surface area contributed by atoms with Gasteiger partial charge in [-0.3, -0.25) is 14.5 Å². The Bertz CT molecular complexity index is 739. The predicted molar refractivity (Wildman–Crippen MR) is 89.8 cm³/mol. The Labute approximate surface area is 145 Å². The van der Waals surface area contributed by atoms with E-state index in [2.05, 4.69) is 5.32 Å². The summed E-state index contributed by atoms with van der Waals surface area (Å²) in [6, 6.07) is 6.51. The van der Waals surface area contributed by atoms with E-state index < -0.39 is 17.9 Å². The van der Waals surface area contributed by atoms with Crippen LogP contribution >= 0.6 is 11.6 Å². The van der Waals surface area contributed by atoms with Crippen molar-refractivity contribution in [1.29, 1.82) is 5.26 Å². The second kappa shape index (κ2) is 7.47. The number of rotatable bonds is 6. The number of imide groups is 1. The van der Waals surface area contributed by atoms with Gasteiger partial charge >= 0.3 is 0 Å². The van der Waals surface area contributed by atoms with Crippen molar-refractivity contribution < 1.29 is 14.7 Å². The van der Waals surface area contributed by atoms with E-state index >= 15 is 0 Å². The average Bonchev–Trinajstić information content (AvgIpc) is 2.81. The fraction of sp³-hybridized carbons (Fsp3) is 0.353. The molecule has 0 aromatic heterocycles. The van der Waals surface area contributed by atoms with Crippen LogP contribution in [0.25, 0.3) is 0 Å². The second-order valence-corrected chi connectivity index (χ2v) is 6.17. The molecule has 0 saturated heterocycles. The lowest BCUT2D eigenvalue weighted by Crippen LogP contribution is -2.42. The molecule has 126 valence electrons. The van der Waals surface area contributed by atoms with Gasteiger partial charge in [-0.25, -0.2) is 0 Å². The lowest BCUT2D eigenvalue weighted by molar-refractivity contribution is -0.140. The lowest BCUT2D eigenvalue weighted by atomic mass is 9.99. The molecule has 0 radical (unpaired) electrons. The molecule has 0 spiro atoms. The van der Waals surface area contributed by atoms with Crippen LogP contribution in [0.4, 0.5) is 5.69 Å². The average molecular weight is 348 g/mol. The lowest BCUT2D eigenvalue weighted by Gasteiger charge is -2.27. The maximum atomic E-state index is 12.6. The number of aliphatic hydroxyl groups is 1. The molecule has 0 saturated carbocycles. The van der Waals surface area contributed by atoms with Gasteiger partial charge in [0.2, 0.25) is 0 Å². The van der Waals surface area contributed by atoms with Crippen LogP contribution in [0.1, 0.15) is 25.8 Å². The van der Waals surface area contributed by atoms with Gasteiger partial charge in [-0.1, -0.05) is 24.6 Å². The van der Waals surface area contributed by atoms with Crippen molar-refractivity contribution in [2.45, 2.75) is 32.9 Å². The summed E-state index contributed by atoms with van der Waals surface area (Å²) in [4.78, 5) is 25.9. The van der Waals surface area contributed by atoms with E-state index in [9.17, 15) is 14.7 Å². The molecule has 1 aromatic rings. The molecule has 2 atom stereocenters. The number of carbonyl (C=O) groups excluding carboxylic acids is 2. The van der Waals surface area contributed by atoms with E-state index in [1.807, 2.05) is 13.0 Å². The number of carbonyl (C=O) groups is 2. The molecule has 0 bridgehead atoms. The van der Waals surface area contributed by atoms with E-state index in [4.69, 9.17) is 16.9 Å². The zero-order chi connectivity index (χ0) is 17.9. The van der Waals surface area contributed by atoms with Crippen LogP contribution in [0.3, 0.4) is 0 Å². The molecule has 2 unspecified atom stereocenters. The number of benzene rings is 1. The number of nitrogens with one attached hydrogen (secondary N) is 1. The largest absolute Gasteiger partial charge is 0.392 e. The molecule has 24 heavy (non-hydrogen) atoms. The number of hydrogen-bond donors (Lipinski definition) is 2. The first-order chi connectivity index (χ1) is 11.4. The van der Waals surface area contributed by atoms with Gasteiger partial charge in [-0.05, 0) is 25.0 Å². The highest BCUT2D eigenvalue weighted by molar-refractivity contribution is 6.31. The Hall–Kier alpha value is -2.36. The second-order valence-electron chi connectivity index (χ2n) is 5.74. The number of nitrogens with zero attached hydrogens (tertiary/aromatic N) is 2. The number of amides is 2. The molecule has 7 heteroatoms. The fourth-order valence-electron chi connectivity index (χ4n) is 2.48. The van der Waals surface area contributed by atoms with Gasteiger partial charge in [0.05, 0.1) is 12.7 Å². The first kappa shape index (κ1) is 18.0. The Morgan fingerprint density at radius 3 is 2.71 bits per heavy atom. The van der Waals surface area contributed by atoms with E-state index in [1.54, 1.807) is 25.1 Å². The van der Waals surface area contributed by atoms with Crippen molar-refractivity contribution in [3.8, 4) is 6.07 Å². The quantitative estimate of drug-likeness (QED) is 0.771. The van der Waals surface area contributed by atoms with Crippen LogP contribution in [0.2, 0.25) is 5.02 Å². The number of nitriles is 1. The molecular weight excluding hydrogens is 330 g/mol. The molecule has 6 nitrogen and oxygen atoms in total. The molecule has 2 rings (SSSR count). The summed E-state index contributed by atoms with van der Waals surface area (Å²) in [5, 5.41) is 21.5. The van der Waals surface area contributed by atoms with Crippen molar-refractivity contribution in [3.05, 3.63) is 40.6 Å². The topological polar surface area (TPSA) is 93.4 Å². The number of halogens is 1. The van der Waals surface area contributed by atoms with E-state index in [0.717, 1.165) is 4.90 Å².